The molecule has 0 aliphatic carbocycles. The van der Waals surface area contributed by atoms with E-state index in [2.05, 4.69) is 52.4 Å². The Balaban J connectivity index is 2.18. The van der Waals surface area contributed by atoms with E-state index in [1.807, 2.05) is 56.9 Å². The van der Waals surface area contributed by atoms with E-state index in [0.29, 0.717) is 12.2 Å². The van der Waals surface area contributed by atoms with Gasteiger partial charge < -0.3 is 10.1 Å². The molecule has 2 rings (SSSR count). The Morgan fingerprint density at radius 1 is 1.22 bits per heavy atom. The van der Waals surface area contributed by atoms with Crippen LogP contribution >= 0.6 is 15.9 Å². The molecule has 2 aromatic rings. The first kappa shape index (κ1) is 21.3. The van der Waals surface area contributed by atoms with Gasteiger partial charge >= 0.3 is 6.09 Å². The van der Waals surface area contributed by atoms with Crippen molar-refractivity contribution in [3.8, 4) is 0 Å². The summed E-state index contributed by atoms with van der Waals surface area (Å²) in [5, 5.41) is 10.7. The summed E-state index contributed by atoms with van der Waals surface area (Å²) in [6.45, 7) is 14.4. The van der Waals surface area contributed by atoms with Crippen LogP contribution < -0.4 is 10.6 Å². The van der Waals surface area contributed by atoms with Crippen molar-refractivity contribution in [3.63, 3.8) is 0 Å². The quantitative estimate of drug-likeness (QED) is 0.647. The van der Waals surface area contributed by atoms with E-state index in [0.717, 1.165) is 21.3 Å². The third kappa shape index (κ3) is 6.27. The fourth-order valence-corrected chi connectivity index (χ4v) is 3.04. The monoisotopic (exact) mass is 436 g/mol. The van der Waals surface area contributed by atoms with Crippen molar-refractivity contribution in [3.05, 3.63) is 40.1 Å². The topological polar surface area (TPSA) is 68.2 Å². The zero-order valence-electron chi connectivity index (χ0n) is 17.1. The Bertz CT molecular complexity index is 816. The first-order chi connectivity index (χ1) is 12.3. The molecular weight excluding hydrogens is 408 g/mol. The molecule has 148 valence electrons. The molecule has 0 spiro atoms. The van der Waals surface area contributed by atoms with E-state index in [4.69, 9.17) is 4.74 Å². The standard InChI is InChI=1S/C20H29BrN4O2/c1-13-8-15(21)9-16(17(13)24-18(26)27-20(5,6)7)22-10-14-11-23-25(12-14)19(2,3)4/h8-9,11-12,22H,10H2,1-7H3,(H,24,26). The summed E-state index contributed by atoms with van der Waals surface area (Å²) in [4.78, 5) is 12.2. The largest absolute Gasteiger partial charge is 0.444 e. The maximum absolute atomic E-state index is 12.2. The van der Waals surface area contributed by atoms with E-state index in [1.165, 1.54) is 0 Å². The van der Waals surface area contributed by atoms with Crippen molar-refractivity contribution in [1.29, 1.82) is 0 Å². The summed E-state index contributed by atoms with van der Waals surface area (Å²) in [5.74, 6) is 0. The van der Waals surface area contributed by atoms with Crippen molar-refractivity contribution in [1.82, 2.24) is 9.78 Å². The highest BCUT2D eigenvalue weighted by Crippen LogP contribution is 2.31. The van der Waals surface area contributed by atoms with Crippen LogP contribution in [0.5, 0.6) is 0 Å². The number of hydrogen-bond donors (Lipinski definition) is 2. The van der Waals surface area contributed by atoms with E-state index >= 15 is 0 Å². The molecule has 0 saturated heterocycles. The van der Waals surface area contributed by atoms with Crippen LogP contribution in [0.25, 0.3) is 0 Å². The van der Waals surface area contributed by atoms with Crippen LogP contribution in [0, 0.1) is 6.92 Å². The lowest BCUT2D eigenvalue weighted by atomic mass is 10.1. The molecule has 0 saturated carbocycles. The number of hydrogen-bond acceptors (Lipinski definition) is 4. The van der Waals surface area contributed by atoms with E-state index in [-0.39, 0.29) is 5.54 Å². The zero-order valence-corrected chi connectivity index (χ0v) is 18.7. The predicted octanol–water partition coefficient (Wildman–Crippen LogP) is 5.67. The summed E-state index contributed by atoms with van der Waals surface area (Å²) in [5.41, 5.74) is 2.90. The molecule has 1 amide bonds. The number of carbonyl (C=O) groups excluding carboxylic acids is 1. The summed E-state index contributed by atoms with van der Waals surface area (Å²) in [6, 6.07) is 3.89. The third-order valence-corrected chi connectivity index (χ3v) is 4.19. The van der Waals surface area contributed by atoms with Crippen LogP contribution in [0.3, 0.4) is 0 Å². The first-order valence-electron chi connectivity index (χ1n) is 8.93. The van der Waals surface area contributed by atoms with E-state index in [9.17, 15) is 4.79 Å². The van der Waals surface area contributed by atoms with Gasteiger partial charge in [0.05, 0.1) is 23.1 Å². The third-order valence-electron chi connectivity index (χ3n) is 3.73. The molecule has 0 fully saturated rings. The van der Waals surface area contributed by atoms with E-state index in [1.54, 1.807) is 0 Å². The number of aromatic nitrogens is 2. The highest BCUT2D eigenvalue weighted by Gasteiger charge is 2.19. The number of amides is 1. The van der Waals surface area contributed by atoms with Gasteiger partial charge in [-0.1, -0.05) is 15.9 Å². The Hall–Kier alpha value is -2.02. The Morgan fingerprint density at radius 3 is 2.44 bits per heavy atom. The summed E-state index contributed by atoms with van der Waals surface area (Å²) in [7, 11) is 0. The number of ether oxygens (including phenoxy) is 1. The fraction of sp³-hybridized carbons (Fsp3) is 0.500. The van der Waals surface area contributed by atoms with Crippen molar-refractivity contribution >= 4 is 33.4 Å². The SMILES string of the molecule is Cc1cc(Br)cc(NCc2cnn(C(C)(C)C)c2)c1NC(=O)OC(C)(C)C. The number of anilines is 2. The lowest BCUT2D eigenvalue weighted by Gasteiger charge is -2.22. The minimum Gasteiger partial charge on any atom is -0.444 e. The lowest BCUT2D eigenvalue weighted by Crippen LogP contribution is -2.27. The average molecular weight is 437 g/mol. The number of rotatable bonds is 4. The minimum absolute atomic E-state index is 0.0615. The highest BCUT2D eigenvalue weighted by molar-refractivity contribution is 9.10. The van der Waals surface area contributed by atoms with Crippen LogP contribution in [0.2, 0.25) is 0 Å². The molecule has 0 radical (unpaired) electrons. The van der Waals surface area contributed by atoms with Gasteiger partial charge in [0.15, 0.2) is 0 Å². The highest BCUT2D eigenvalue weighted by atomic mass is 79.9. The molecule has 1 heterocycles. The van der Waals surface area contributed by atoms with Crippen LogP contribution in [0.4, 0.5) is 16.2 Å². The van der Waals surface area contributed by atoms with Crippen molar-refractivity contribution < 1.29 is 9.53 Å². The average Bonchev–Trinajstić information content (AvgIpc) is 2.95. The Kier molecular flexibility index (Phi) is 6.24. The van der Waals surface area contributed by atoms with Gasteiger partial charge in [-0.05, 0) is 66.2 Å². The van der Waals surface area contributed by atoms with Crippen molar-refractivity contribution in [2.75, 3.05) is 10.6 Å². The number of halogens is 1. The molecule has 0 unspecified atom stereocenters. The van der Waals surface area contributed by atoms with Crippen molar-refractivity contribution in [2.24, 2.45) is 0 Å². The normalized spacial score (nSPS) is 12.0. The summed E-state index contributed by atoms with van der Waals surface area (Å²) >= 11 is 3.52. The molecule has 0 aliphatic heterocycles. The second kappa shape index (κ2) is 7.92. The van der Waals surface area contributed by atoms with Crippen LogP contribution in [-0.4, -0.2) is 21.5 Å². The maximum atomic E-state index is 12.2. The Labute approximate surface area is 169 Å². The smallest absolute Gasteiger partial charge is 0.412 e. The van der Waals surface area contributed by atoms with Gasteiger partial charge in [0.25, 0.3) is 0 Å². The molecular formula is C20H29BrN4O2. The zero-order chi connectivity index (χ0) is 20.4. The van der Waals surface area contributed by atoms with Gasteiger partial charge in [-0.25, -0.2) is 4.79 Å². The van der Waals surface area contributed by atoms with Crippen LogP contribution in [0.15, 0.2) is 29.0 Å². The summed E-state index contributed by atoms with van der Waals surface area (Å²) in [6.07, 6.45) is 3.40. The van der Waals surface area contributed by atoms with Gasteiger partial charge in [0.1, 0.15) is 5.60 Å². The van der Waals surface area contributed by atoms with Gasteiger partial charge in [0.2, 0.25) is 0 Å². The maximum Gasteiger partial charge on any atom is 0.412 e. The second-order valence-electron chi connectivity index (χ2n) is 8.59. The number of carbonyl (C=O) groups is 1. The number of nitrogens with one attached hydrogen (secondary N) is 2. The molecule has 0 atom stereocenters. The number of aryl methyl sites for hydroxylation is 1. The number of nitrogens with zero attached hydrogens (tertiary/aromatic N) is 2. The second-order valence-corrected chi connectivity index (χ2v) is 9.51. The van der Waals surface area contributed by atoms with Crippen LogP contribution in [-0.2, 0) is 16.8 Å². The summed E-state index contributed by atoms with van der Waals surface area (Å²) < 4.78 is 8.26. The molecule has 1 aromatic carbocycles. The molecule has 6 nitrogen and oxygen atoms in total. The van der Waals surface area contributed by atoms with Crippen molar-refractivity contribution in [2.45, 2.75) is 66.2 Å². The molecule has 0 aliphatic rings. The molecule has 27 heavy (non-hydrogen) atoms. The number of benzene rings is 1. The van der Waals surface area contributed by atoms with Crippen LogP contribution in [0.1, 0.15) is 52.7 Å². The molecule has 7 heteroatoms. The van der Waals surface area contributed by atoms with Gasteiger partial charge in [-0.15, -0.1) is 0 Å². The minimum atomic E-state index is -0.553. The fourth-order valence-electron chi connectivity index (χ4n) is 2.47. The molecule has 2 N–H and O–H groups in total. The van der Waals surface area contributed by atoms with Gasteiger partial charge in [0, 0.05) is 22.8 Å². The van der Waals surface area contributed by atoms with Gasteiger partial charge in [-0.3, -0.25) is 10.00 Å². The molecule has 1 aromatic heterocycles. The van der Waals surface area contributed by atoms with E-state index < -0.39 is 11.7 Å². The lowest BCUT2D eigenvalue weighted by molar-refractivity contribution is 0.0636. The Morgan fingerprint density at radius 2 is 1.89 bits per heavy atom. The van der Waals surface area contributed by atoms with Gasteiger partial charge in [-0.2, -0.15) is 5.10 Å². The first-order valence-corrected chi connectivity index (χ1v) is 9.72. The molecule has 0 bridgehead atoms. The predicted molar refractivity (Wildman–Crippen MR) is 113 cm³/mol.